The van der Waals surface area contributed by atoms with Gasteiger partial charge in [-0.15, -0.1) is 11.3 Å². The van der Waals surface area contributed by atoms with Gasteiger partial charge < -0.3 is 5.32 Å². The number of halogens is 1. The molecule has 0 bridgehead atoms. The van der Waals surface area contributed by atoms with Gasteiger partial charge in [-0.1, -0.05) is 0 Å². The number of aromatic amines is 1. The molecule has 2 N–H and O–H groups in total. The van der Waals surface area contributed by atoms with Gasteiger partial charge in [0.1, 0.15) is 12.2 Å². The second-order valence-corrected chi connectivity index (χ2v) is 6.00. The Hall–Kier alpha value is -1.21. The smallest absolute Gasteiger partial charge is 0.261 e. The summed E-state index contributed by atoms with van der Waals surface area (Å²) >= 11 is 4.82. The van der Waals surface area contributed by atoms with E-state index in [9.17, 15) is 4.79 Å². The molecule has 2 aromatic rings. The van der Waals surface area contributed by atoms with E-state index < -0.39 is 0 Å². The van der Waals surface area contributed by atoms with E-state index in [-0.39, 0.29) is 11.9 Å². The van der Waals surface area contributed by atoms with E-state index in [0.29, 0.717) is 10.7 Å². The molecule has 0 aliphatic heterocycles. The van der Waals surface area contributed by atoms with E-state index in [1.54, 1.807) is 0 Å². The van der Waals surface area contributed by atoms with Gasteiger partial charge >= 0.3 is 0 Å². The van der Waals surface area contributed by atoms with Gasteiger partial charge in [-0.2, -0.15) is 5.10 Å². The Morgan fingerprint density at radius 3 is 2.94 bits per heavy atom. The number of carbonyl (C=O) groups is 1. The zero-order valence-corrected chi connectivity index (χ0v) is 11.7. The number of thiophene rings is 1. The Morgan fingerprint density at radius 1 is 1.65 bits per heavy atom. The van der Waals surface area contributed by atoms with E-state index >= 15 is 0 Å². The van der Waals surface area contributed by atoms with Gasteiger partial charge in [0.2, 0.25) is 0 Å². The Labute approximate surface area is 111 Å². The van der Waals surface area contributed by atoms with E-state index in [2.05, 4.69) is 36.4 Å². The first kappa shape index (κ1) is 12.3. The SMILES string of the molecule is Cc1cc(C(=O)NC(C)c2ncn[nH]2)sc1Br. The predicted molar refractivity (Wildman–Crippen MR) is 69.0 cm³/mol. The maximum Gasteiger partial charge on any atom is 0.261 e. The number of aryl methyl sites for hydroxylation is 1. The number of carbonyl (C=O) groups excluding carboxylic acids is 1. The van der Waals surface area contributed by atoms with Gasteiger partial charge in [-0.3, -0.25) is 9.89 Å². The summed E-state index contributed by atoms with van der Waals surface area (Å²) in [6.45, 7) is 3.81. The highest BCUT2D eigenvalue weighted by Gasteiger charge is 2.15. The number of nitrogens with one attached hydrogen (secondary N) is 2. The average molecular weight is 315 g/mol. The molecule has 1 amide bonds. The molecule has 2 heterocycles. The molecule has 0 fully saturated rings. The molecule has 0 saturated heterocycles. The molecule has 0 aliphatic rings. The lowest BCUT2D eigenvalue weighted by Crippen LogP contribution is -2.26. The van der Waals surface area contributed by atoms with Crippen LogP contribution < -0.4 is 5.32 Å². The third kappa shape index (κ3) is 2.73. The molecule has 0 aliphatic carbocycles. The molecule has 0 aromatic carbocycles. The van der Waals surface area contributed by atoms with Crippen molar-refractivity contribution in [3.63, 3.8) is 0 Å². The van der Waals surface area contributed by atoms with Gasteiger partial charge in [-0.05, 0) is 41.4 Å². The van der Waals surface area contributed by atoms with Crippen LogP contribution in [-0.4, -0.2) is 21.1 Å². The molecule has 0 spiro atoms. The summed E-state index contributed by atoms with van der Waals surface area (Å²) in [5.41, 5.74) is 1.06. The third-order valence-corrected chi connectivity index (χ3v) is 4.41. The van der Waals surface area contributed by atoms with Crippen molar-refractivity contribution in [1.82, 2.24) is 20.5 Å². The molecule has 1 unspecified atom stereocenters. The zero-order valence-electron chi connectivity index (χ0n) is 9.32. The standard InChI is InChI=1S/C10H11BrN4OS/c1-5-3-7(17-8(5)11)10(16)14-6(2)9-12-4-13-15-9/h3-4,6H,1-2H3,(H,14,16)(H,12,13,15). The Morgan fingerprint density at radius 2 is 2.41 bits per heavy atom. The molecule has 17 heavy (non-hydrogen) atoms. The van der Waals surface area contributed by atoms with Crippen LogP contribution in [0, 0.1) is 6.92 Å². The molecule has 7 heteroatoms. The van der Waals surface area contributed by atoms with Gasteiger partial charge in [0.05, 0.1) is 14.7 Å². The van der Waals surface area contributed by atoms with Gasteiger partial charge in [0.15, 0.2) is 0 Å². The molecule has 2 rings (SSSR count). The van der Waals surface area contributed by atoms with E-state index in [0.717, 1.165) is 9.35 Å². The number of hydrogen-bond donors (Lipinski definition) is 2. The van der Waals surface area contributed by atoms with E-state index in [1.807, 2.05) is 19.9 Å². The van der Waals surface area contributed by atoms with Crippen molar-refractivity contribution in [2.24, 2.45) is 0 Å². The fraction of sp³-hybridized carbons (Fsp3) is 0.300. The van der Waals surface area contributed by atoms with Crippen molar-refractivity contribution < 1.29 is 4.79 Å². The van der Waals surface area contributed by atoms with Crippen molar-refractivity contribution in [3.05, 3.63) is 32.4 Å². The molecular formula is C10H11BrN4OS. The monoisotopic (exact) mass is 314 g/mol. The predicted octanol–water partition coefficient (Wildman–Crippen LogP) is 2.43. The molecule has 0 radical (unpaired) electrons. The Balaban J connectivity index is 2.07. The zero-order chi connectivity index (χ0) is 12.4. The Bertz CT molecular complexity index is 503. The first-order chi connectivity index (χ1) is 8.08. The summed E-state index contributed by atoms with van der Waals surface area (Å²) in [7, 11) is 0. The first-order valence-electron chi connectivity index (χ1n) is 5.00. The quantitative estimate of drug-likeness (QED) is 0.914. The minimum Gasteiger partial charge on any atom is -0.342 e. The van der Waals surface area contributed by atoms with Crippen LogP contribution >= 0.6 is 27.3 Å². The molecular weight excluding hydrogens is 304 g/mol. The van der Waals surface area contributed by atoms with Crippen LogP contribution in [0.25, 0.3) is 0 Å². The summed E-state index contributed by atoms with van der Waals surface area (Å²) < 4.78 is 0.981. The van der Waals surface area contributed by atoms with E-state index in [4.69, 9.17) is 0 Å². The molecule has 1 atom stereocenters. The second kappa shape index (κ2) is 4.97. The number of amides is 1. The average Bonchev–Trinajstić information content (AvgIpc) is 2.89. The van der Waals surface area contributed by atoms with Crippen LogP contribution in [0.3, 0.4) is 0 Å². The van der Waals surface area contributed by atoms with Crippen molar-refractivity contribution >= 4 is 33.2 Å². The normalized spacial score (nSPS) is 12.4. The highest BCUT2D eigenvalue weighted by Crippen LogP contribution is 2.27. The number of aromatic nitrogens is 3. The summed E-state index contributed by atoms with van der Waals surface area (Å²) in [5, 5.41) is 9.33. The highest BCUT2D eigenvalue weighted by atomic mass is 79.9. The summed E-state index contributed by atoms with van der Waals surface area (Å²) in [6.07, 6.45) is 1.42. The van der Waals surface area contributed by atoms with Crippen LogP contribution in [-0.2, 0) is 0 Å². The van der Waals surface area contributed by atoms with Crippen molar-refractivity contribution in [1.29, 1.82) is 0 Å². The van der Waals surface area contributed by atoms with Gasteiger partial charge in [0.25, 0.3) is 5.91 Å². The van der Waals surface area contributed by atoms with E-state index in [1.165, 1.54) is 17.7 Å². The lowest BCUT2D eigenvalue weighted by molar-refractivity contribution is 0.0942. The number of H-pyrrole nitrogens is 1. The Kier molecular flexibility index (Phi) is 3.58. The number of nitrogens with zero attached hydrogens (tertiary/aromatic N) is 2. The van der Waals surface area contributed by atoms with Crippen molar-refractivity contribution in [3.8, 4) is 0 Å². The summed E-state index contributed by atoms with van der Waals surface area (Å²) in [5.74, 6) is 0.540. The summed E-state index contributed by atoms with van der Waals surface area (Å²) in [6, 6.07) is 1.67. The van der Waals surface area contributed by atoms with Crippen LogP contribution in [0.4, 0.5) is 0 Å². The maximum atomic E-state index is 11.9. The minimum absolute atomic E-state index is 0.104. The lowest BCUT2D eigenvalue weighted by Gasteiger charge is -2.09. The number of rotatable bonds is 3. The molecule has 2 aromatic heterocycles. The fourth-order valence-corrected chi connectivity index (χ4v) is 2.77. The lowest BCUT2D eigenvalue weighted by atomic mass is 10.3. The topological polar surface area (TPSA) is 70.7 Å². The van der Waals surface area contributed by atoms with Gasteiger partial charge in [0, 0.05) is 0 Å². The van der Waals surface area contributed by atoms with Gasteiger partial charge in [-0.25, -0.2) is 4.98 Å². The van der Waals surface area contributed by atoms with Crippen molar-refractivity contribution in [2.45, 2.75) is 19.9 Å². The summed E-state index contributed by atoms with van der Waals surface area (Å²) in [4.78, 5) is 16.6. The third-order valence-electron chi connectivity index (χ3n) is 2.27. The van der Waals surface area contributed by atoms with Crippen LogP contribution in [0.1, 0.15) is 34.0 Å². The molecule has 90 valence electrons. The first-order valence-corrected chi connectivity index (χ1v) is 6.61. The second-order valence-electron chi connectivity index (χ2n) is 3.63. The van der Waals surface area contributed by atoms with Crippen LogP contribution in [0.2, 0.25) is 0 Å². The van der Waals surface area contributed by atoms with Crippen LogP contribution in [0.15, 0.2) is 16.2 Å². The molecule has 0 saturated carbocycles. The highest BCUT2D eigenvalue weighted by molar-refractivity contribution is 9.11. The molecule has 5 nitrogen and oxygen atoms in total. The maximum absolute atomic E-state index is 11.9. The fourth-order valence-electron chi connectivity index (χ4n) is 1.33. The van der Waals surface area contributed by atoms with Crippen LogP contribution in [0.5, 0.6) is 0 Å². The number of hydrogen-bond acceptors (Lipinski definition) is 4. The largest absolute Gasteiger partial charge is 0.342 e. The van der Waals surface area contributed by atoms with Crippen molar-refractivity contribution in [2.75, 3.05) is 0 Å². The minimum atomic E-state index is -0.189.